The van der Waals surface area contributed by atoms with E-state index < -0.39 is 11.9 Å². The Kier molecular flexibility index (Phi) is 10.1. The lowest BCUT2D eigenvalue weighted by molar-refractivity contribution is -0.142. The van der Waals surface area contributed by atoms with E-state index in [2.05, 4.69) is 20.7 Å². The molecule has 156 valence electrons. The maximum atomic E-state index is 12.9. The van der Waals surface area contributed by atoms with Gasteiger partial charge < -0.3 is 10.6 Å². The zero-order chi connectivity index (χ0) is 19.9. The van der Waals surface area contributed by atoms with Gasteiger partial charge in [-0.15, -0.1) is 35.7 Å². The monoisotopic (exact) mass is 531 g/mol. The van der Waals surface area contributed by atoms with Crippen LogP contribution in [0.3, 0.4) is 0 Å². The number of hydrogen-bond donors (Lipinski definition) is 2. The van der Waals surface area contributed by atoms with Gasteiger partial charge in [0.2, 0.25) is 0 Å². The van der Waals surface area contributed by atoms with Crippen molar-refractivity contribution >= 4 is 41.7 Å². The molecule has 0 fully saturated rings. The first kappa shape index (κ1) is 24.5. The Hall–Kier alpha value is -1.50. The Morgan fingerprint density at radius 1 is 1.21 bits per heavy atom. The summed E-state index contributed by atoms with van der Waals surface area (Å²) < 4.78 is 52.8. The number of thioether (sulfide) groups is 1. The van der Waals surface area contributed by atoms with Crippen molar-refractivity contribution in [3.05, 3.63) is 47.5 Å². The highest BCUT2D eigenvalue weighted by atomic mass is 127. The van der Waals surface area contributed by atoms with Gasteiger partial charge >= 0.3 is 6.18 Å². The molecule has 1 aromatic heterocycles. The first-order chi connectivity index (χ1) is 12.8. The molecule has 0 unspecified atom stereocenters. The minimum absolute atomic E-state index is 0. The van der Waals surface area contributed by atoms with Gasteiger partial charge in [-0.25, -0.2) is 4.39 Å². The number of rotatable bonds is 7. The number of benzene rings is 1. The van der Waals surface area contributed by atoms with Crippen LogP contribution in [0, 0.1) is 5.82 Å². The molecule has 2 N–H and O–H groups in total. The Bertz CT molecular complexity index is 762. The first-order valence-electron chi connectivity index (χ1n) is 8.22. The number of aryl methyl sites for hydroxylation is 1. The summed E-state index contributed by atoms with van der Waals surface area (Å²) in [6.07, 6.45) is -2.35. The van der Waals surface area contributed by atoms with Crippen LogP contribution in [-0.4, -0.2) is 35.1 Å². The van der Waals surface area contributed by atoms with Crippen LogP contribution in [-0.2, 0) is 19.8 Å². The van der Waals surface area contributed by atoms with Crippen LogP contribution in [0.25, 0.3) is 0 Å². The van der Waals surface area contributed by atoms with Crippen LogP contribution in [0.15, 0.2) is 40.4 Å². The van der Waals surface area contributed by atoms with Crippen molar-refractivity contribution in [2.75, 3.05) is 19.3 Å². The van der Waals surface area contributed by atoms with Gasteiger partial charge in [0.1, 0.15) is 5.82 Å². The normalized spacial score (nSPS) is 11.9. The molecule has 0 radical (unpaired) electrons. The second-order valence-electron chi connectivity index (χ2n) is 5.68. The van der Waals surface area contributed by atoms with Crippen molar-refractivity contribution in [3.63, 3.8) is 0 Å². The third-order valence-corrected chi connectivity index (χ3v) is 4.64. The summed E-state index contributed by atoms with van der Waals surface area (Å²) in [7, 11) is 3.00. The Labute approximate surface area is 182 Å². The molecule has 0 spiro atoms. The molecule has 0 aliphatic rings. The Morgan fingerprint density at radius 2 is 1.89 bits per heavy atom. The van der Waals surface area contributed by atoms with Crippen molar-refractivity contribution in [2.24, 2.45) is 12.0 Å². The molecule has 5 nitrogen and oxygen atoms in total. The molecule has 2 rings (SSSR count). The summed E-state index contributed by atoms with van der Waals surface area (Å²) in [6, 6.07) is 6.28. The average molecular weight is 531 g/mol. The lowest BCUT2D eigenvalue weighted by atomic mass is 10.2. The average Bonchev–Trinajstić information content (AvgIpc) is 3.00. The molecule has 28 heavy (non-hydrogen) atoms. The summed E-state index contributed by atoms with van der Waals surface area (Å²) in [6.45, 7) is 0.569. The molecule has 0 amide bonds. The summed E-state index contributed by atoms with van der Waals surface area (Å²) in [5.41, 5.74) is -0.844. The smallest absolute Gasteiger partial charge is 0.356 e. The number of halogens is 5. The van der Waals surface area contributed by atoms with Gasteiger partial charge in [0.15, 0.2) is 11.7 Å². The predicted molar refractivity (Wildman–Crippen MR) is 114 cm³/mol. The van der Waals surface area contributed by atoms with E-state index >= 15 is 0 Å². The molecular weight excluding hydrogens is 509 g/mol. The maximum absolute atomic E-state index is 12.9. The van der Waals surface area contributed by atoms with Crippen molar-refractivity contribution in [2.45, 2.75) is 24.0 Å². The molecule has 1 aromatic carbocycles. The second-order valence-corrected chi connectivity index (χ2v) is 6.85. The van der Waals surface area contributed by atoms with E-state index in [0.717, 1.165) is 21.8 Å². The number of alkyl halides is 3. The summed E-state index contributed by atoms with van der Waals surface area (Å²) in [4.78, 5) is 4.99. The van der Waals surface area contributed by atoms with Gasteiger partial charge in [0.25, 0.3) is 0 Å². The van der Waals surface area contributed by atoms with Gasteiger partial charge in [-0.3, -0.25) is 9.67 Å². The highest BCUT2D eigenvalue weighted by Gasteiger charge is 2.36. The van der Waals surface area contributed by atoms with Gasteiger partial charge in [-0.05, 0) is 36.4 Å². The van der Waals surface area contributed by atoms with E-state index in [0.29, 0.717) is 12.5 Å². The fourth-order valence-corrected chi connectivity index (χ4v) is 3.16. The molecule has 0 aliphatic heterocycles. The van der Waals surface area contributed by atoms with E-state index in [-0.39, 0.29) is 41.9 Å². The summed E-state index contributed by atoms with van der Waals surface area (Å²) in [5.74, 6) is 0.966. The van der Waals surface area contributed by atoms with Gasteiger partial charge in [0.05, 0.1) is 0 Å². The molecule has 0 saturated carbocycles. The van der Waals surface area contributed by atoms with Crippen LogP contribution < -0.4 is 10.6 Å². The molecule has 0 bridgehead atoms. The summed E-state index contributed by atoms with van der Waals surface area (Å²) in [5, 5.41) is 9.39. The first-order valence-corrected chi connectivity index (χ1v) is 9.20. The molecule has 0 atom stereocenters. The highest BCUT2D eigenvalue weighted by molar-refractivity contribution is 14.0. The SMILES string of the molecule is CN=C(NCCCSc1ccc(F)cc1)NCc1cn(C)nc1C(F)(F)F.I. The molecular formula is C17H22F4IN5S. The topological polar surface area (TPSA) is 54.2 Å². The number of guanidine groups is 1. The van der Waals surface area contributed by atoms with Crippen molar-refractivity contribution in [3.8, 4) is 0 Å². The number of nitrogens with one attached hydrogen (secondary N) is 2. The lowest BCUT2D eigenvalue weighted by Gasteiger charge is -2.12. The minimum Gasteiger partial charge on any atom is -0.356 e. The van der Waals surface area contributed by atoms with E-state index in [1.165, 1.54) is 25.4 Å². The minimum atomic E-state index is -4.49. The van der Waals surface area contributed by atoms with Crippen LogP contribution >= 0.6 is 35.7 Å². The quantitative estimate of drug-likeness (QED) is 0.142. The van der Waals surface area contributed by atoms with E-state index in [4.69, 9.17) is 0 Å². The molecule has 0 saturated heterocycles. The standard InChI is InChI=1S/C17H21F4N5S.HI/c1-22-16(23-8-3-9-27-14-6-4-13(18)5-7-14)24-10-12-11-26(2)25-15(12)17(19,20)21;/h4-7,11H,3,8-10H2,1-2H3,(H2,22,23,24);1H. The lowest BCUT2D eigenvalue weighted by Crippen LogP contribution is -2.37. The Morgan fingerprint density at radius 3 is 2.50 bits per heavy atom. The third kappa shape index (κ3) is 7.86. The van der Waals surface area contributed by atoms with Crippen molar-refractivity contribution < 1.29 is 17.6 Å². The van der Waals surface area contributed by atoms with Gasteiger partial charge in [0, 0.05) is 43.8 Å². The van der Waals surface area contributed by atoms with Crippen LogP contribution in [0.1, 0.15) is 17.7 Å². The highest BCUT2D eigenvalue weighted by Crippen LogP contribution is 2.30. The van der Waals surface area contributed by atoms with Gasteiger partial charge in [-0.2, -0.15) is 18.3 Å². The van der Waals surface area contributed by atoms with Gasteiger partial charge in [-0.1, -0.05) is 0 Å². The van der Waals surface area contributed by atoms with Crippen molar-refractivity contribution in [1.29, 1.82) is 0 Å². The molecule has 11 heteroatoms. The third-order valence-electron chi connectivity index (χ3n) is 3.54. The van der Waals surface area contributed by atoms with E-state index in [1.807, 2.05) is 0 Å². The van der Waals surface area contributed by atoms with Crippen LogP contribution in [0.5, 0.6) is 0 Å². The van der Waals surface area contributed by atoms with E-state index in [9.17, 15) is 17.6 Å². The maximum Gasteiger partial charge on any atom is 0.435 e. The number of hydrogen-bond acceptors (Lipinski definition) is 3. The molecule has 0 aliphatic carbocycles. The van der Waals surface area contributed by atoms with Crippen LogP contribution in [0.2, 0.25) is 0 Å². The van der Waals surface area contributed by atoms with Crippen molar-refractivity contribution in [1.82, 2.24) is 20.4 Å². The van der Waals surface area contributed by atoms with E-state index in [1.54, 1.807) is 30.9 Å². The zero-order valence-electron chi connectivity index (χ0n) is 15.4. The number of aliphatic imine (C=N–C) groups is 1. The zero-order valence-corrected chi connectivity index (χ0v) is 18.5. The number of nitrogens with zero attached hydrogens (tertiary/aromatic N) is 3. The predicted octanol–water partition coefficient (Wildman–Crippen LogP) is 4.04. The number of aromatic nitrogens is 2. The molecule has 2 aromatic rings. The molecule has 1 heterocycles. The second kappa shape index (κ2) is 11.5. The fraction of sp³-hybridized carbons (Fsp3) is 0.412. The Balaban J connectivity index is 0.00000392. The fourth-order valence-electron chi connectivity index (χ4n) is 2.30. The summed E-state index contributed by atoms with van der Waals surface area (Å²) >= 11 is 1.60. The largest absolute Gasteiger partial charge is 0.435 e. The van der Waals surface area contributed by atoms with Crippen LogP contribution in [0.4, 0.5) is 17.6 Å².